The second kappa shape index (κ2) is 5.90. The van der Waals surface area contributed by atoms with Gasteiger partial charge in [0.2, 0.25) is 10.0 Å². The normalized spacial score (nSPS) is 17.9. The van der Waals surface area contributed by atoms with E-state index in [0.29, 0.717) is 4.47 Å². The molecule has 1 N–H and O–H groups in total. The summed E-state index contributed by atoms with van der Waals surface area (Å²) in [7, 11) is -3.76. The topological polar surface area (TPSA) is 46.2 Å². The van der Waals surface area contributed by atoms with Gasteiger partial charge in [0.25, 0.3) is 0 Å². The number of benzene rings is 1. The maximum atomic E-state index is 13.6. The fraction of sp³-hybridized carbons (Fsp3) is 0.455. The minimum absolute atomic E-state index is 0.0840. The van der Waals surface area contributed by atoms with Gasteiger partial charge in [0.1, 0.15) is 10.7 Å². The molecule has 3 nitrogen and oxygen atoms in total. The fourth-order valence-corrected chi connectivity index (χ4v) is 4.60. The zero-order valence-corrected chi connectivity index (χ0v) is 12.7. The summed E-state index contributed by atoms with van der Waals surface area (Å²) in [6.07, 6.45) is 1.59. The molecule has 0 spiro atoms. The minimum Gasteiger partial charge on any atom is -0.208 e. The molecule has 7 heteroatoms. The smallest absolute Gasteiger partial charge is 0.208 e. The molecule has 2 rings (SSSR count). The van der Waals surface area contributed by atoms with Crippen molar-refractivity contribution < 1.29 is 12.8 Å². The number of hydrogen-bond donors (Lipinski definition) is 1. The third-order valence-electron chi connectivity index (χ3n) is 2.73. The van der Waals surface area contributed by atoms with E-state index in [-0.39, 0.29) is 10.9 Å². The highest BCUT2D eigenvalue weighted by Gasteiger charge is 2.24. The lowest BCUT2D eigenvalue weighted by Crippen LogP contribution is -2.37. The third-order valence-corrected chi connectivity index (χ3v) is 5.82. The van der Waals surface area contributed by atoms with Crippen LogP contribution in [-0.4, -0.2) is 26.0 Å². The van der Waals surface area contributed by atoms with Crippen molar-refractivity contribution in [3.05, 3.63) is 28.5 Å². The first kappa shape index (κ1) is 14.3. The van der Waals surface area contributed by atoms with Crippen LogP contribution < -0.4 is 4.72 Å². The van der Waals surface area contributed by atoms with E-state index < -0.39 is 15.8 Å². The van der Waals surface area contributed by atoms with E-state index in [2.05, 4.69) is 20.7 Å². The highest BCUT2D eigenvalue weighted by Crippen LogP contribution is 2.22. The lowest BCUT2D eigenvalue weighted by molar-refractivity contribution is 0.519. The molecule has 1 aromatic rings. The zero-order chi connectivity index (χ0) is 13.2. The van der Waals surface area contributed by atoms with E-state index in [1.807, 2.05) is 11.8 Å². The second-order valence-electron chi connectivity index (χ2n) is 4.08. The Bertz CT molecular complexity index is 530. The number of rotatable bonds is 3. The highest BCUT2D eigenvalue weighted by molar-refractivity contribution is 9.10. The molecule has 0 aliphatic carbocycles. The predicted molar refractivity (Wildman–Crippen MR) is 74.8 cm³/mol. The molecule has 0 atom stereocenters. The van der Waals surface area contributed by atoms with E-state index in [9.17, 15) is 12.8 Å². The minimum atomic E-state index is -3.76. The lowest BCUT2D eigenvalue weighted by Gasteiger charge is -2.22. The van der Waals surface area contributed by atoms with Crippen LogP contribution >= 0.6 is 27.7 Å². The van der Waals surface area contributed by atoms with E-state index in [4.69, 9.17) is 0 Å². The van der Waals surface area contributed by atoms with Crippen molar-refractivity contribution in [1.82, 2.24) is 4.72 Å². The average Bonchev–Trinajstić information content (AvgIpc) is 2.29. The number of thioether (sulfide) groups is 1. The summed E-state index contributed by atoms with van der Waals surface area (Å²) in [6.45, 7) is 0. The average molecular weight is 354 g/mol. The summed E-state index contributed by atoms with van der Waals surface area (Å²) in [6, 6.07) is 3.87. The van der Waals surface area contributed by atoms with Crippen LogP contribution in [0.15, 0.2) is 27.6 Å². The summed E-state index contributed by atoms with van der Waals surface area (Å²) in [5.41, 5.74) is 0. The van der Waals surface area contributed by atoms with E-state index in [0.717, 1.165) is 30.4 Å². The molecule has 1 aliphatic heterocycles. The number of nitrogens with one attached hydrogen (secondary N) is 1. The number of sulfonamides is 1. The number of halogens is 2. The summed E-state index contributed by atoms with van der Waals surface area (Å²) in [4.78, 5) is -0.288. The standard InChI is InChI=1S/C11H13BrFNO2S2/c12-8-1-2-11(10(13)7-8)18(15,16)14-9-3-5-17-6-4-9/h1-2,7,9,14H,3-6H2. The van der Waals surface area contributed by atoms with Gasteiger partial charge >= 0.3 is 0 Å². The molecule has 18 heavy (non-hydrogen) atoms. The molecular weight excluding hydrogens is 341 g/mol. The van der Waals surface area contributed by atoms with Gasteiger partial charge in [-0.25, -0.2) is 17.5 Å². The van der Waals surface area contributed by atoms with E-state index in [1.54, 1.807) is 0 Å². The highest BCUT2D eigenvalue weighted by atomic mass is 79.9. The molecule has 1 heterocycles. The largest absolute Gasteiger partial charge is 0.243 e. The van der Waals surface area contributed by atoms with Crippen molar-refractivity contribution in [1.29, 1.82) is 0 Å². The fourth-order valence-electron chi connectivity index (χ4n) is 1.79. The van der Waals surface area contributed by atoms with Gasteiger partial charge in [-0.1, -0.05) is 15.9 Å². The summed E-state index contributed by atoms with van der Waals surface area (Å²) < 4.78 is 40.9. The van der Waals surface area contributed by atoms with Gasteiger partial charge in [0, 0.05) is 10.5 Å². The van der Waals surface area contributed by atoms with Crippen LogP contribution in [-0.2, 0) is 10.0 Å². The van der Waals surface area contributed by atoms with Crippen molar-refractivity contribution >= 4 is 37.7 Å². The Kier molecular flexibility index (Phi) is 4.69. The first-order chi connectivity index (χ1) is 8.49. The molecule has 0 saturated carbocycles. The van der Waals surface area contributed by atoms with Crippen molar-refractivity contribution in [3.8, 4) is 0 Å². The summed E-state index contributed by atoms with van der Waals surface area (Å²) in [5, 5.41) is 0. The Hall–Kier alpha value is -0.110. The Morgan fingerprint density at radius 1 is 1.33 bits per heavy atom. The molecule has 0 amide bonds. The first-order valence-corrected chi connectivity index (χ1v) is 8.97. The summed E-state index contributed by atoms with van der Waals surface area (Å²) in [5.74, 6) is 1.15. The van der Waals surface area contributed by atoms with Crippen LogP contribution in [0.2, 0.25) is 0 Å². The maximum Gasteiger partial charge on any atom is 0.243 e. The molecule has 0 unspecified atom stereocenters. The summed E-state index contributed by atoms with van der Waals surface area (Å²) >= 11 is 4.91. The van der Waals surface area contributed by atoms with Crippen molar-refractivity contribution in [2.75, 3.05) is 11.5 Å². The Morgan fingerprint density at radius 2 is 2.00 bits per heavy atom. The molecule has 1 fully saturated rings. The number of hydrogen-bond acceptors (Lipinski definition) is 3. The van der Waals surface area contributed by atoms with Crippen LogP contribution in [0.1, 0.15) is 12.8 Å². The molecular formula is C11H13BrFNO2S2. The van der Waals surface area contributed by atoms with Gasteiger partial charge < -0.3 is 0 Å². The molecule has 0 bridgehead atoms. The molecule has 0 aromatic heterocycles. The van der Waals surface area contributed by atoms with Gasteiger partial charge in [-0.15, -0.1) is 0 Å². The van der Waals surface area contributed by atoms with E-state index in [1.165, 1.54) is 12.1 Å². The van der Waals surface area contributed by atoms with Crippen molar-refractivity contribution in [2.24, 2.45) is 0 Å². The van der Waals surface area contributed by atoms with Crippen LogP contribution in [0, 0.1) is 5.82 Å². The monoisotopic (exact) mass is 353 g/mol. The quantitative estimate of drug-likeness (QED) is 0.908. The van der Waals surface area contributed by atoms with Crippen LogP contribution in [0.4, 0.5) is 4.39 Å². The van der Waals surface area contributed by atoms with Crippen molar-refractivity contribution in [2.45, 2.75) is 23.8 Å². The van der Waals surface area contributed by atoms with E-state index >= 15 is 0 Å². The predicted octanol–water partition coefficient (Wildman–Crippen LogP) is 2.76. The SMILES string of the molecule is O=S(=O)(NC1CCSCC1)c1ccc(Br)cc1F. The Labute approximate surface area is 119 Å². The molecule has 1 saturated heterocycles. The van der Waals surface area contributed by atoms with Crippen LogP contribution in [0.25, 0.3) is 0 Å². The molecule has 1 aromatic carbocycles. The second-order valence-corrected chi connectivity index (χ2v) is 7.91. The Morgan fingerprint density at radius 3 is 2.61 bits per heavy atom. The van der Waals surface area contributed by atoms with Gasteiger partial charge in [0.15, 0.2) is 0 Å². The third kappa shape index (κ3) is 3.46. The molecule has 0 radical (unpaired) electrons. The Balaban J connectivity index is 2.19. The maximum absolute atomic E-state index is 13.6. The molecule has 1 aliphatic rings. The first-order valence-electron chi connectivity index (χ1n) is 5.54. The van der Waals surface area contributed by atoms with Crippen molar-refractivity contribution in [3.63, 3.8) is 0 Å². The van der Waals surface area contributed by atoms with Gasteiger partial charge in [-0.3, -0.25) is 0 Å². The van der Waals surface area contributed by atoms with Crippen LogP contribution in [0.5, 0.6) is 0 Å². The lowest BCUT2D eigenvalue weighted by atomic mass is 10.2. The zero-order valence-electron chi connectivity index (χ0n) is 9.53. The van der Waals surface area contributed by atoms with Gasteiger partial charge in [0.05, 0.1) is 0 Å². The van der Waals surface area contributed by atoms with Crippen LogP contribution in [0.3, 0.4) is 0 Å². The van der Waals surface area contributed by atoms with Gasteiger partial charge in [-0.05, 0) is 42.5 Å². The van der Waals surface area contributed by atoms with Gasteiger partial charge in [-0.2, -0.15) is 11.8 Å². The molecule has 100 valence electrons.